The summed E-state index contributed by atoms with van der Waals surface area (Å²) in [5.41, 5.74) is 2.38. The van der Waals surface area contributed by atoms with Crippen LogP contribution in [0.5, 0.6) is 0 Å². The number of carbonyl (C=O) groups is 2. The zero-order valence-electron chi connectivity index (χ0n) is 17.6. The summed E-state index contributed by atoms with van der Waals surface area (Å²) < 4.78 is 11.2. The molecule has 2 aliphatic heterocycles. The fourth-order valence-electron chi connectivity index (χ4n) is 4.27. The second-order valence-corrected chi connectivity index (χ2v) is 7.89. The highest BCUT2D eigenvalue weighted by Gasteiger charge is 2.41. The molecule has 32 heavy (non-hydrogen) atoms. The number of aliphatic hydroxyl groups is 1. The highest BCUT2D eigenvalue weighted by Crippen LogP contribution is 2.33. The first kappa shape index (κ1) is 22.0. The first-order valence-electron chi connectivity index (χ1n) is 10.6. The van der Waals surface area contributed by atoms with Crippen LogP contribution in [0.4, 0.5) is 5.69 Å². The average Bonchev–Trinajstić information content (AvgIpc) is 2.85. The van der Waals surface area contributed by atoms with Crippen molar-refractivity contribution in [3.63, 3.8) is 0 Å². The third-order valence-electron chi connectivity index (χ3n) is 5.93. The predicted molar refractivity (Wildman–Crippen MR) is 116 cm³/mol. The average molecular weight is 435 g/mol. The molecule has 2 amide bonds. The van der Waals surface area contributed by atoms with Gasteiger partial charge in [0.25, 0.3) is 5.91 Å². The van der Waals surface area contributed by atoms with Crippen molar-refractivity contribution < 1.29 is 24.2 Å². The second kappa shape index (κ2) is 9.92. The van der Waals surface area contributed by atoms with Gasteiger partial charge in [-0.05, 0) is 54.8 Å². The molecule has 2 aromatic rings. The largest absolute Gasteiger partial charge is 0.394 e. The minimum absolute atomic E-state index is 0.0320. The minimum Gasteiger partial charge on any atom is -0.394 e. The van der Waals surface area contributed by atoms with Crippen LogP contribution in [-0.2, 0) is 14.3 Å². The number of hydrogen-bond donors (Lipinski definition) is 2. The lowest BCUT2D eigenvalue weighted by Crippen LogP contribution is -2.57. The topological polar surface area (TPSA) is 112 Å². The molecular weight excluding hydrogens is 410 g/mol. The molecule has 2 fully saturated rings. The standard InChI is InChI=1S/C24H25N3O5/c25-13-16-1-3-18(4-2-16)24(30)26-19-7-5-17(6-8-19)23-21(14-28)27(22(29)15-32-23)20-9-11-31-12-10-20/h1-8,20-21,23,28H,9-12,14-15H2,(H,26,30). The number of ether oxygens (including phenoxy) is 2. The van der Waals surface area contributed by atoms with E-state index in [0.717, 1.165) is 18.4 Å². The predicted octanol–water partition coefficient (Wildman–Crippen LogP) is 2.25. The van der Waals surface area contributed by atoms with Crippen molar-refractivity contribution in [2.75, 3.05) is 31.7 Å². The Labute approximate surface area is 186 Å². The molecule has 166 valence electrons. The number of hydrogen-bond acceptors (Lipinski definition) is 6. The normalized spacial score (nSPS) is 21.8. The van der Waals surface area contributed by atoms with E-state index in [1.165, 1.54) is 0 Å². The Balaban J connectivity index is 1.46. The minimum atomic E-state index is -0.474. The number of carbonyl (C=O) groups excluding carboxylic acids is 2. The van der Waals surface area contributed by atoms with E-state index in [1.807, 2.05) is 18.2 Å². The van der Waals surface area contributed by atoms with Crippen LogP contribution >= 0.6 is 0 Å². The molecule has 0 saturated carbocycles. The zero-order chi connectivity index (χ0) is 22.5. The number of aliphatic hydroxyl groups excluding tert-OH is 1. The molecule has 0 spiro atoms. The first-order chi connectivity index (χ1) is 15.6. The van der Waals surface area contributed by atoms with E-state index in [1.54, 1.807) is 41.3 Å². The Morgan fingerprint density at radius 2 is 1.81 bits per heavy atom. The molecule has 0 aromatic heterocycles. The lowest BCUT2D eigenvalue weighted by molar-refractivity contribution is -0.168. The molecule has 8 nitrogen and oxygen atoms in total. The van der Waals surface area contributed by atoms with Gasteiger partial charge < -0.3 is 24.8 Å². The summed E-state index contributed by atoms with van der Waals surface area (Å²) in [7, 11) is 0. The van der Waals surface area contributed by atoms with Gasteiger partial charge in [-0.3, -0.25) is 9.59 Å². The van der Waals surface area contributed by atoms with E-state index in [9.17, 15) is 14.7 Å². The van der Waals surface area contributed by atoms with Crippen LogP contribution in [0.2, 0.25) is 0 Å². The monoisotopic (exact) mass is 435 g/mol. The van der Waals surface area contributed by atoms with Crippen molar-refractivity contribution in [3.8, 4) is 6.07 Å². The Morgan fingerprint density at radius 3 is 2.44 bits per heavy atom. The van der Waals surface area contributed by atoms with Gasteiger partial charge in [0.15, 0.2) is 0 Å². The van der Waals surface area contributed by atoms with E-state index in [4.69, 9.17) is 14.7 Å². The van der Waals surface area contributed by atoms with Crippen molar-refractivity contribution in [2.45, 2.75) is 31.0 Å². The van der Waals surface area contributed by atoms with Gasteiger partial charge in [-0.1, -0.05) is 12.1 Å². The maximum absolute atomic E-state index is 12.6. The van der Waals surface area contributed by atoms with Gasteiger partial charge in [0.1, 0.15) is 12.7 Å². The molecule has 4 rings (SSSR count). The van der Waals surface area contributed by atoms with Gasteiger partial charge in [0.2, 0.25) is 5.91 Å². The number of nitrogens with zero attached hydrogens (tertiary/aromatic N) is 2. The van der Waals surface area contributed by atoms with E-state index in [2.05, 4.69) is 5.32 Å². The number of benzene rings is 2. The Hall–Kier alpha value is -3.25. The second-order valence-electron chi connectivity index (χ2n) is 7.89. The van der Waals surface area contributed by atoms with Crippen LogP contribution in [0, 0.1) is 11.3 Å². The third kappa shape index (κ3) is 4.65. The van der Waals surface area contributed by atoms with Gasteiger partial charge in [0.05, 0.1) is 24.3 Å². The quantitative estimate of drug-likeness (QED) is 0.745. The van der Waals surface area contributed by atoms with Gasteiger partial charge >= 0.3 is 0 Å². The van der Waals surface area contributed by atoms with E-state index < -0.39 is 12.1 Å². The summed E-state index contributed by atoms with van der Waals surface area (Å²) in [6, 6.07) is 15.2. The molecule has 2 heterocycles. The molecule has 0 radical (unpaired) electrons. The highest BCUT2D eigenvalue weighted by molar-refractivity contribution is 6.04. The summed E-state index contributed by atoms with van der Waals surface area (Å²) in [6.07, 6.45) is 1.04. The lowest BCUT2D eigenvalue weighted by atomic mass is 9.95. The molecular formula is C24H25N3O5. The van der Waals surface area contributed by atoms with Crippen LogP contribution < -0.4 is 5.32 Å². The summed E-state index contributed by atoms with van der Waals surface area (Å²) in [6.45, 7) is 0.970. The van der Waals surface area contributed by atoms with Crippen LogP contribution in [0.3, 0.4) is 0 Å². The SMILES string of the molecule is N#Cc1ccc(C(=O)Nc2ccc(C3OCC(=O)N(C4CCOCC4)C3CO)cc2)cc1. The van der Waals surface area contributed by atoms with Crippen LogP contribution in [-0.4, -0.2) is 60.3 Å². The van der Waals surface area contributed by atoms with Crippen molar-refractivity contribution in [1.82, 2.24) is 4.90 Å². The number of amides is 2. The fraction of sp³-hybridized carbons (Fsp3) is 0.375. The zero-order valence-corrected chi connectivity index (χ0v) is 17.6. The Morgan fingerprint density at radius 1 is 1.12 bits per heavy atom. The molecule has 2 N–H and O–H groups in total. The number of rotatable bonds is 5. The smallest absolute Gasteiger partial charge is 0.255 e. The maximum Gasteiger partial charge on any atom is 0.255 e. The molecule has 2 aliphatic rings. The molecule has 2 unspecified atom stereocenters. The first-order valence-corrected chi connectivity index (χ1v) is 10.6. The third-order valence-corrected chi connectivity index (χ3v) is 5.93. The van der Waals surface area contributed by atoms with Crippen molar-refractivity contribution >= 4 is 17.5 Å². The van der Waals surface area contributed by atoms with Crippen LogP contribution in [0.15, 0.2) is 48.5 Å². The van der Waals surface area contributed by atoms with Crippen molar-refractivity contribution in [1.29, 1.82) is 5.26 Å². The number of nitriles is 1. The van der Waals surface area contributed by atoms with Crippen molar-refractivity contribution in [3.05, 3.63) is 65.2 Å². The molecule has 2 saturated heterocycles. The molecule has 0 aliphatic carbocycles. The van der Waals surface area contributed by atoms with Crippen LogP contribution in [0.25, 0.3) is 0 Å². The Kier molecular flexibility index (Phi) is 6.81. The van der Waals surface area contributed by atoms with E-state index >= 15 is 0 Å². The van der Waals surface area contributed by atoms with E-state index in [-0.39, 0.29) is 31.1 Å². The summed E-state index contributed by atoms with van der Waals surface area (Å²) in [5.74, 6) is -0.390. The number of anilines is 1. The fourth-order valence-corrected chi connectivity index (χ4v) is 4.27. The maximum atomic E-state index is 12.6. The van der Waals surface area contributed by atoms with Gasteiger partial charge in [0, 0.05) is 30.5 Å². The summed E-state index contributed by atoms with van der Waals surface area (Å²) >= 11 is 0. The van der Waals surface area contributed by atoms with Crippen LogP contribution in [0.1, 0.15) is 40.4 Å². The molecule has 8 heteroatoms. The number of nitrogens with one attached hydrogen (secondary N) is 1. The molecule has 0 bridgehead atoms. The van der Waals surface area contributed by atoms with E-state index in [0.29, 0.717) is 30.0 Å². The van der Waals surface area contributed by atoms with Gasteiger partial charge in [-0.2, -0.15) is 5.26 Å². The number of morpholine rings is 1. The summed E-state index contributed by atoms with van der Waals surface area (Å²) in [5, 5.41) is 21.8. The van der Waals surface area contributed by atoms with Crippen molar-refractivity contribution in [2.24, 2.45) is 0 Å². The summed E-state index contributed by atoms with van der Waals surface area (Å²) in [4.78, 5) is 26.8. The molecule has 2 aromatic carbocycles. The van der Waals surface area contributed by atoms with Gasteiger partial charge in [-0.15, -0.1) is 0 Å². The Bertz CT molecular complexity index is 994. The highest BCUT2D eigenvalue weighted by atomic mass is 16.5. The lowest BCUT2D eigenvalue weighted by Gasteiger charge is -2.45. The van der Waals surface area contributed by atoms with Gasteiger partial charge in [-0.25, -0.2) is 0 Å². The molecule has 2 atom stereocenters.